The fourth-order valence-corrected chi connectivity index (χ4v) is 2.39. The Balaban J connectivity index is 2.14. The number of hydrogen-bond donors (Lipinski definition) is 1. The zero-order valence-corrected chi connectivity index (χ0v) is 11.1. The Labute approximate surface area is 120 Å². The molecule has 1 heterocycles. The fraction of sp³-hybridized carbons (Fsp3) is 0.188. The van der Waals surface area contributed by atoms with Gasteiger partial charge in [-0.1, -0.05) is 24.3 Å². The predicted octanol–water partition coefficient (Wildman–Crippen LogP) is 3.93. The summed E-state index contributed by atoms with van der Waals surface area (Å²) in [6, 6.07) is 9.42. The molecule has 0 atom stereocenters. The molecule has 5 heteroatoms. The van der Waals surface area contributed by atoms with Gasteiger partial charge in [0.2, 0.25) is 0 Å². The van der Waals surface area contributed by atoms with Crippen molar-refractivity contribution in [1.82, 2.24) is 0 Å². The molecule has 0 spiro atoms. The van der Waals surface area contributed by atoms with E-state index in [0.717, 1.165) is 17.7 Å². The van der Waals surface area contributed by atoms with E-state index in [1.54, 1.807) is 24.3 Å². The second kappa shape index (κ2) is 5.07. The molecule has 0 saturated carbocycles. The molecule has 0 amide bonds. The highest BCUT2D eigenvalue weighted by atomic mass is 19.4. The topological polar surface area (TPSA) is 35.2 Å². The monoisotopic (exact) mass is 292 g/mol. The summed E-state index contributed by atoms with van der Waals surface area (Å²) in [6.45, 7) is 1.91. The van der Waals surface area contributed by atoms with Crippen molar-refractivity contribution in [3.8, 4) is 16.9 Å². The smallest absolute Gasteiger partial charge is 0.416 e. The van der Waals surface area contributed by atoms with E-state index in [1.165, 1.54) is 6.61 Å². The van der Waals surface area contributed by atoms with Gasteiger partial charge in [0.25, 0.3) is 0 Å². The van der Waals surface area contributed by atoms with Crippen molar-refractivity contribution >= 4 is 0 Å². The first kappa shape index (κ1) is 13.9. The van der Waals surface area contributed by atoms with Crippen molar-refractivity contribution in [2.45, 2.75) is 19.1 Å². The molecule has 1 aliphatic rings. The number of hydrogen-bond acceptors (Lipinski definition) is 2. The average molecular weight is 292 g/mol. The van der Waals surface area contributed by atoms with Crippen LogP contribution in [-0.2, 0) is 19.1 Å². The average Bonchev–Trinajstić information content (AvgIpc) is 2.94. The minimum Gasteiger partial charge on any atom is -0.485 e. The van der Waals surface area contributed by atoms with Crippen molar-refractivity contribution in [2.24, 2.45) is 5.73 Å². The highest BCUT2D eigenvalue weighted by Crippen LogP contribution is 2.42. The molecule has 1 radical (unpaired) electrons. The van der Waals surface area contributed by atoms with E-state index in [2.05, 4.69) is 0 Å². The third kappa shape index (κ3) is 2.61. The maximum absolute atomic E-state index is 13.0. The summed E-state index contributed by atoms with van der Waals surface area (Å²) < 4.78 is 44.4. The van der Waals surface area contributed by atoms with Crippen LogP contribution in [-0.4, -0.2) is 0 Å². The Hall–Kier alpha value is -2.01. The highest BCUT2D eigenvalue weighted by molar-refractivity contribution is 5.74. The van der Waals surface area contributed by atoms with E-state index in [0.29, 0.717) is 35.4 Å². The van der Waals surface area contributed by atoms with Crippen LogP contribution >= 0.6 is 0 Å². The molecule has 2 aromatic rings. The summed E-state index contributed by atoms with van der Waals surface area (Å²) in [5.74, 6) is 0.503. The summed E-state index contributed by atoms with van der Waals surface area (Å²) in [5.41, 5.74) is 7.50. The zero-order valence-electron chi connectivity index (χ0n) is 11.1. The Morgan fingerprint density at radius 1 is 1.10 bits per heavy atom. The molecule has 0 saturated heterocycles. The van der Waals surface area contributed by atoms with Crippen LogP contribution in [0.15, 0.2) is 36.4 Å². The molecular weight excluding hydrogens is 279 g/mol. The van der Waals surface area contributed by atoms with Crippen molar-refractivity contribution in [2.75, 3.05) is 0 Å². The Bertz CT molecular complexity index is 662. The van der Waals surface area contributed by atoms with Crippen molar-refractivity contribution in [3.63, 3.8) is 0 Å². The lowest BCUT2D eigenvalue weighted by Crippen LogP contribution is -2.06. The van der Waals surface area contributed by atoms with E-state index < -0.39 is 11.7 Å². The number of rotatable bonds is 2. The molecule has 0 unspecified atom stereocenters. The third-order valence-corrected chi connectivity index (χ3v) is 3.50. The standard InChI is InChI=1S/C16H13F3NO/c17-16(18,19)13-7-12-5-6-21-15(12)14(8-13)11-3-1-10(9-20)2-4-11/h1-4,6-8H,5,9,20H2. The highest BCUT2D eigenvalue weighted by Gasteiger charge is 2.33. The normalized spacial score (nSPS) is 13.9. The lowest BCUT2D eigenvalue weighted by molar-refractivity contribution is -0.137. The summed E-state index contributed by atoms with van der Waals surface area (Å²) in [7, 11) is 0. The van der Waals surface area contributed by atoms with Gasteiger partial charge in [-0.3, -0.25) is 0 Å². The molecule has 109 valence electrons. The van der Waals surface area contributed by atoms with Gasteiger partial charge >= 0.3 is 6.18 Å². The lowest BCUT2D eigenvalue weighted by Gasteiger charge is -2.13. The van der Waals surface area contributed by atoms with Gasteiger partial charge in [-0.15, -0.1) is 0 Å². The number of ether oxygens (including phenoxy) is 1. The maximum Gasteiger partial charge on any atom is 0.416 e. The van der Waals surface area contributed by atoms with Crippen LogP contribution < -0.4 is 10.5 Å². The second-order valence-electron chi connectivity index (χ2n) is 4.90. The van der Waals surface area contributed by atoms with Crippen LogP contribution in [0.25, 0.3) is 11.1 Å². The van der Waals surface area contributed by atoms with E-state index in [4.69, 9.17) is 10.5 Å². The van der Waals surface area contributed by atoms with E-state index in [1.807, 2.05) is 0 Å². The largest absolute Gasteiger partial charge is 0.485 e. The van der Waals surface area contributed by atoms with Crippen molar-refractivity contribution in [3.05, 3.63) is 59.7 Å². The van der Waals surface area contributed by atoms with E-state index in [9.17, 15) is 13.2 Å². The minimum absolute atomic E-state index is 0.382. The first-order valence-corrected chi connectivity index (χ1v) is 6.51. The Morgan fingerprint density at radius 2 is 1.81 bits per heavy atom. The molecule has 0 bridgehead atoms. The zero-order chi connectivity index (χ0) is 15.0. The molecule has 21 heavy (non-hydrogen) atoms. The van der Waals surface area contributed by atoms with Crippen LogP contribution in [0.2, 0.25) is 0 Å². The van der Waals surface area contributed by atoms with Crippen molar-refractivity contribution in [1.29, 1.82) is 0 Å². The lowest BCUT2D eigenvalue weighted by atomic mass is 9.97. The summed E-state index contributed by atoms with van der Waals surface area (Å²) in [4.78, 5) is 0. The summed E-state index contributed by atoms with van der Waals surface area (Å²) >= 11 is 0. The molecule has 2 N–H and O–H groups in total. The van der Waals surface area contributed by atoms with Crippen LogP contribution in [0.4, 0.5) is 13.2 Å². The maximum atomic E-state index is 13.0. The van der Waals surface area contributed by atoms with E-state index in [-0.39, 0.29) is 0 Å². The van der Waals surface area contributed by atoms with Crippen LogP contribution in [0.5, 0.6) is 5.75 Å². The predicted molar refractivity (Wildman–Crippen MR) is 73.4 cm³/mol. The molecule has 0 fully saturated rings. The quantitative estimate of drug-likeness (QED) is 0.910. The first-order chi connectivity index (χ1) is 9.99. The Kier molecular flexibility index (Phi) is 3.37. The fourth-order valence-electron chi connectivity index (χ4n) is 2.39. The third-order valence-electron chi connectivity index (χ3n) is 3.50. The van der Waals surface area contributed by atoms with Crippen LogP contribution in [0.1, 0.15) is 16.7 Å². The van der Waals surface area contributed by atoms with Gasteiger partial charge in [0, 0.05) is 18.5 Å². The number of fused-ring (bicyclic) bond motifs is 1. The van der Waals surface area contributed by atoms with Gasteiger partial charge in [-0.2, -0.15) is 13.2 Å². The molecule has 0 aromatic heterocycles. The summed E-state index contributed by atoms with van der Waals surface area (Å²) in [6.07, 6.45) is -3.99. The van der Waals surface area contributed by atoms with Crippen LogP contribution in [0, 0.1) is 6.61 Å². The number of nitrogens with two attached hydrogens (primary N) is 1. The molecule has 2 aromatic carbocycles. The van der Waals surface area contributed by atoms with Crippen LogP contribution in [0.3, 0.4) is 0 Å². The van der Waals surface area contributed by atoms with Crippen molar-refractivity contribution < 1.29 is 17.9 Å². The first-order valence-electron chi connectivity index (χ1n) is 6.51. The van der Waals surface area contributed by atoms with Gasteiger partial charge in [0.05, 0.1) is 5.56 Å². The molecule has 1 aliphatic heterocycles. The molecule has 3 rings (SSSR count). The Morgan fingerprint density at radius 3 is 2.43 bits per heavy atom. The number of halogens is 3. The minimum atomic E-state index is -4.37. The SMILES string of the molecule is NCc1ccc(-c2cc(C(F)(F)F)cc3c2O[CH]C3)cc1. The molecule has 2 nitrogen and oxygen atoms in total. The van der Waals surface area contributed by atoms with Gasteiger partial charge in [0.15, 0.2) is 0 Å². The van der Waals surface area contributed by atoms with Gasteiger partial charge in [-0.25, -0.2) is 0 Å². The second-order valence-corrected chi connectivity index (χ2v) is 4.90. The number of benzene rings is 2. The number of alkyl halides is 3. The molecule has 0 aliphatic carbocycles. The van der Waals surface area contributed by atoms with Gasteiger partial charge in [0.1, 0.15) is 12.4 Å². The van der Waals surface area contributed by atoms with E-state index >= 15 is 0 Å². The molecular formula is C16H13F3NO. The van der Waals surface area contributed by atoms with Gasteiger partial charge in [-0.05, 0) is 28.8 Å². The summed E-state index contributed by atoms with van der Waals surface area (Å²) in [5, 5.41) is 0. The van der Waals surface area contributed by atoms with Gasteiger partial charge < -0.3 is 10.5 Å².